The van der Waals surface area contributed by atoms with Crippen molar-refractivity contribution in [3.63, 3.8) is 0 Å². The number of halogens is 1. The number of hydrogen-bond donors (Lipinski definition) is 1. The summed E-state index contributed by atoms with van der Waals surface area (Å²) >= 11 is 0. The molecule has 2 aromatic rings. The Balaban J connectivity index is 1.43. The number of hydrogen-bond acceptors (Lipinski definition) is 5. The zero-order valence-electron chi connectivity index (χ0n) is 21.2. The molecule has 2 aliphatic rings. The van der Waals surface area contributed by atoms with E-state index in [-0.39, 0.29) is 17.1 Å². The van der Waals surface area contributed by atoms with E-state index in [2.05, 4.69) is 35.1 Å². The Morgan fingerprint density at radius 2 is 1.91 bits per heavy atom. The molecule has 1 N–H and O–H groups in total. The molecule has 7 nitrogen and oxygen atoms in total. The summed E-state index contributed by atoms with van der Waals surface area (Å²) in [4.78, 5) is 32.7. The summed E-state index contributed by atoms with van der Waals surface area (Å²) in [6, 6.07) is 8.86. The van der Waals surface area contributed by atoms with Gasteiger partial charge >= 0.3 is 6.09 Å². The number of benzene rings is 1. The van der Waals surface area contributed by atoms with Crippen LogP contribution in [0.15, 0.2) is 36.5 Å². The van der Waals surface area contributed by atoms with Crippen molar-refractivity contribution < 1.29 is 18.7 Å². The van der Waals surface area contributed by atoms with Gasteiger partial charge in [-0.3, -0.25) is 4.79 Å². The lowest BCUT2D eigenvalue weighted by Gasteiger charge is -2.35. The Kier molecular flexibility index (Phi) is 6.75. The number of nitrogens with one attached hydrogen (secondary N) is 1. The van der Waals surface area contributed by atoms with Gasteiger partial charge in [0.25, 0.3) is 5.91 Å². The van der Waals surface area contributed by atoms with Crippen LogP contribution in [-0.4, -0.2) is 53.7 Å². The second-order valence-corrected chi connectivity index (χ2v) is 11.2. The number of amides is 2. The van der Waals surface area contributed by atoms with Gasteiger partial charge in [0.2, 0.25) is 5.95 Å². The molecule has 0 radical (unpaired) electrons. The van der Waals surface area contributed by atoms with E-state index in [1.807, 2.05) is 32.9 Å². The molecule has 0 atom stereocenters. The van der Waals surface area contributed by atoms with Crippen molar-refractivity contribution in [2.75, 3.05) is 36.4 Å². The van der Waals surface area contributed by atoms with Crippen LogP contribution >= 0.6 is 0 Å². The maximum Gasteiger partial charge on any atom is 0.410 e. The summed E-state index contributed by atoms with van der Waals surface area (Å²) in [6.07, 6.45) is 2.92. The minimum absolute atomic E-state index is 0.0233. The van der Waals surface area contributed by atoms with Crippen LogP contribution < -0.4 is 10.2 Å². The molecule has 0 saturated carbocycles. The molecule has 35 heavy (non-hydrogen) atoms. The minimum Gasteiger partial charge on any atom is -0.444 e. The van der Waals surface area contributed by atoms with E-state index >= 15 is 0 Å². The average molecular weight is 483 g/mol. The van der Waals surface area contributed by atoms with Gasteiger partial charge in [-0.15, -0.1) is 0 Å². The highest BCUT2D eigenvalue weighted by molar-refractivity contribution is 6.04. The van der Waals surface area contributed by atoms with Gasteiger partial charge in [0.15, 0.2) is 0 Å². The Labute approximate surface area is 206 Å². The van der Waals surface area contributed by atoms with Crippen molar-refractivity contribution in [2.24, 2.45) is 5.92 Å². The molecule has 1 fully saturated rings. The Hall–Kier alpha value is -3.16. The van der Waals surface area contributed by atoms with E-state index in [1.165, 1.54) is 17.8 Å². The number of carbonyl (C=O) groups excluding carboxylic acids is 2. The number of carbonyl (C=O) groups is 2. The first-order valence-electron chi connectivity index (χ1n) is 12.2. The number of nitrogens with zero attached hydrogens (tertiary/aromatic N) is 3. The smallest absolute Gasteiger partial charge is 0.410 e. The topological polar surface area (TPSA) is 74.8 Å². The quantitative estimate of drug-likeness (QED) is 0.605. The number of piperidine rings is 1. The summed E-state index contributed by atoms with van der Waals surface area (Å²) in [5.74, 6) is -0.848. The molecule has 1 saturated heterocycles. The molecule has 0 spiro atoms. The van der Waals surface area contributed by atoms with Crippen LogP contribution in [0.1, 0.15) is 63.4 Å². The third kappa shape index (κ3) is 5.74. The molecule has 1 aromatic carbocycles. The molecule has 188 valence electrons. The van der Waals surface area contributed by atoms with E-state index in [9.17, 15) is 14.0 Å². The zero-order valence-corrected chi connectivity index (χ0v) is 21.2. The molecule has 8 heteroatoms. The number of aromatic nitrogens is 1. The average Bonchev–Trinajstić information content (AvgIpc) is 3.02. The molecule has 2 aliphatic heterocycles. The van der Waals surface area contributed by atoms with Crippen LogP contribution in [0.25, 0.3) is 0 Å². The fourth-order valence-electron chi connectivity index (χ4n) is 4.94. The highest BCUT2D eigenvalue weighted by Crippen LogP contribution is 2.42. The fourth-order valence-corrected chi connectivity index (χ4v) is 4.94. The Bertz CT molecular complexity index is 1100. The lowest BCUT2D eigenvalue weighted by molar-refractivity contribution is 0.0186. The Morgan fingerprint density at radius 1 is 1.20 bits per heavy atom. The van der Waals surface area contributed by atoms with Gasteiger partial charge in [-0.2, -0.15) is 4.39 Å². The van der Waals surface area contributed by atoms with Gasteiger partial charge in [-0.1, -0.05) is 19.9 Å². The molecule has 4 rings (SSSR count). The summed E-state index contributed by atoms with van der Waals surface area (Å²) in [5.41, 5.74) is 2.35. The van der Waals surface area contributed by atoms with Crippen molar-refractivity contribution in [3.05, 3.63) is 53.6 Å². The molecular weight excluding hydrogens is 447 g/mol. The second kappa shape index (κ2) is 9.47. The van der Waals surface area contributed by atoms with Crippen LogP contribution in [-0.2, 0) is 10.2 Å². The predicted molar refractivity (Wildman–Crippen MR) is 134 cm³/mol. The number of rotatable bonds is 4. The van der Waals surface area contributed by atoms with Gasteiger partial charge in [-0.05, 0) is 69.4 Å². The van der Waals surface area contributed by atoms with Crippen LogP contribution in [0.4, 0.5) is 20.6 Å². The van der Waals surface area contributed by atoms with Crippen LogP contribution in [0.5, 0.6) is 0 Å². The van der Waals surface area contributed by atoms with Crippen molar-refractivity contribution in [1.29, 1.82) is 0 Å². The number of pyridine rings is 1. The zero-order chi connectivity index (χ0) is 25.4. The van der Waals surface area contributed by atoms with Gasteiger partial charge in [0.1, 0.15) is 5.60 Å². The molecule has 0 unspecified atom stereocenters. The summed E-state index contributed by atoms with van der Waals surface area (Å²) in [6.45, 7) is 13.2. The van der Waals surface area contributed by atoms with Gasteiger partial charge in [0.05, 0.1) is 5.56 Å². The number of ether oxygens (including phenoxy) is 1. The normalized spacial score (nSPS) is 17.8. The minimum atomic E-state index is -0.786. The molecule has 0 bridgehead atoms. The molecule has 0 aliphatic carbocycles. The Morgan fingerprint density at radius 3 is 2.57 bits per heavy atom. The number of fused-ring (bicyclic) bond motifs is 1. The van der Waals surface area contributed by atoms with Crippen molar-refractivity contribution in [3.8, 4) is 0 Å². The summed E-state index contributed by atoms with van der Waals surface area (Å²) in [5, 5.41) is 2.81. The van der Waals surface area contributed by atoms with E-state index in [4.69, 9.17) is 4.74 Å². The monoisotopic (exact) mass is 482 g/mol. The van der Waals surface area contributed by atoms with E-state index < -0.39 is 17.5 Å². The molecule has 1 aromatic heterocycles. The van der Waals surface area contributed by atoms with Gasteiger partial charge < -0.3 is 19.9 Å². The lowest BCUT2D eigenvalue weighted by Crippen LogP contribution is -2.44. The maximum atomic E-state index is 13.9. The van der Waals surface area contributed by atoms with Crippen LogP contribution in [0.3, 0.4) is 0 Å². The highest BCUT2D eigenvalue weighted by Gasteiger charge is 2.37. The lowest BCUT2D eigenvalue weighted by atomic mass is 9.87. The molecule has 3 heterocycles. The third-order valence-corrected chi connectivity index (χ3v) is 6.66. The van der Waals surface area contributed by atoms with Gasteiger partial charge in [-0.25, -0.2) is 9.78 Å². The predicted octanol–water partition coefficient (Wildman–Crippen LogP) is 5.22. The SMILES string of the molecule is CC(C)(C)OC(=O)N1CCC(CN2CC(C)(C)c3ccc(NC(=O)c4cccnc4F)cc32)CC1. The number of likely N-dealkylation sites (tertiary alicyclic amines) is 1. The largest absolute Gasteiger partial charge is 0.444 e. The summed E-state index contributed by atoms with van der Waals surface area (Å²) in [7, 11) is 0. The molecular formula is C27H35FN4O3. The van der Waals surface area contributed by atoms with Crippen LogP contribution in [0.2, 0.25) is 0 Å². The molecule has 2 amide bonds. The highest BCUT2D eigenvalue weighted by atomic mass is 19.1. The van der Waals surface area contributed by atoms with E-state index in [0.29, 0.717) is 24.7 Å². The van der Waals surface area contributed by atoms with Crippen molar-refractivity contribution in [2.45, 2.75) is 58.5 Å². The fraction of sp³-hybridized carbons (Fsp3) is 0.519. The first kappa shape index (κ1) is 24.9. The first-order valence-corrected chi connectivity index (χ1v) is 12.2. The summed E-state index contributed by atoms with van der Waals surface area (Å²) < 4.78 is 19.5. The van der Waals surface area contributed by atoms with Crippen LogP contribution in [0, 0.1) is 11.9 Å². The number of anilines is 2. The van der Waals surface area contributed by atoms with Crippen molar-refractivity contribution >= 4 is 23.4 Å². The maximum absolute atomic E-state index is 13.9. The van der Waals surface area contributed by atoms with Gasteiger partial charge in [0, 0.05) is 49.2 Å². The first-order chi connectivity index (χ1) is 16.4. The van der Waals surface area contributed by atoms with Crippen molar-refractivity contribution in [1.82, 2.24) is 9.88 Å². The van der Waals surface area contributed by atoms with E-state index in [0.717, 1.165) is 31.6 Å². The van der Waals surface area contributed by atoms with E-state index in [1.54, 1.807) is 11.0 Å². The standard InChI is InChI=1S/C27H35FN4O3/c1-26(2,3)35-25(34)31-13-10-18(11-14-31)16-32-17-27(4,5)21-9-8-19(15-22(21)32)30-24(33)20-7-6-12-29-23(20)28/h6-9,12,15,18H,10-11,13-14,16-17H2,1-5H3,(H,30,33). The second-order valence-electron chi connectivity index (χ2n) is 11.2. The third-order valence-electron chi connectivity index (χ3n) is 6.66.